The number of rotatable bonds is 1. The second-order valence-corrected chi connectivity index (χ2v) is 9.54. The summed E-state index contributed by atoms with van der Waals surface area (Å²) in [4.78, 5) is 0. The number of hydrogen-bond acceptors (Lipinski definition) is 2. The van der Waals surface area contributed by atoms with Crippen molar-refractivity contribution < 1.29 is 10.2 Å². The van der Waals surface area contributed by atoms with E-state index in [4.69, 9.17) is 0 Å². The SMILES string of the molecule is CC[C@]1(O)CC[C@H]2[C@H]3CC=C4C[C@@H](O)CC[C@]4(C)[C@H]3CC[C@@]21C. The van der Waals surface area contributed by atoms with Crippen molar-refractivity contribution in [3.63, 3.8) is 0 Å². The smallest absolute Gasteiger partial charge is 0.0701 e. The van der Waals surface area contributed by atoms with Crippen molar-refractivity contribution in [2.45, 2.75) is 90.3 Å². The lowest BCUT2D eigenvalue weighted by Crippen LogP contribution is -2.54. The summed E-state index contributed by atoms with van der Waals surface area (Å²) in [5, 5.41) is 21.3. The second-order valence-electron chi connectivity index (χ2n) is 9.54. The molecule has 0 spiro atoms. The standard InChI is InChI=1S/C21H34O2/c1-4-21(23)12-9-18-16-6-5-14-13-15(22)7-10-19(14,2)17(16)8-11-20(18,21)3/h5,15-18,22-23H,4,6-13H2,1-3H3/t15-,16-,17-,18-,19-,20-,21-/m0/s1. The second kappa shape index (κ2) is 5.08. The number of allylic oxidation sites excluding steroid dienone is 1. The number of fused-ring (bicyclic) bond motifs is 5. The van der Waals surface area contributed by atoms with E-state index in [-0.39, 0.29) is 11.5 Å². The van der Waals surface area contributed by atoms with E-state index < -0.39 is 5.60 Å². The molecule has 3 saturated carbocycles. The third kappa shape index (κ3) is 2.00. The quantitative estimate of drug-likeness (QED) is 0.701. The highest BCUT2D eigenvalue weighted by atomic mass is 16.3. The van der Waals surface area contributed by atoms with Crippen LogP contribution in [0.3, 0.4) is 0 Å². The maximum atomic E-state index is 11.2. The van der Waals surface area contributed by atoms with Crippen molar-refractivity contribution >= 4 is 0 Å². The molecular weight excluding hydrogens is 284 g/mol. The van der Waals surface area contributed by atoms with Gasteiger partial charge in [0.2, 0.25) is 0 Å². The van der Waals surface area contributed by atoms with Crippen LogP contribution in [0.15, 0.2) is 11.6 Å². The summed E-state index contributed by atoms with van der Waals surface area (Å²) < 4.78 is 0. The number of hydrogen-bond donors (Lipinski definition) is 2. The highest BCUT2D eigenvalue weighted by Gasteiger charge is 2.62. The molecule has 2 N–H and O–H groups in total. The van der Waals surface area contributed by atoms with Crippen LogP contribution in [0.25, 0.3) is 0 Å². The highest BCUT2D eigenvalue weighted by molar-refractivity contribution is 5.26. The van der Waals surface area contributed by atoms with Crippen LogP contribution >= 0.6 is 0 Å². The largest absolute Gasteiger partial charge is 0.393 e. The molecule has 0 unspecified atom stereocenters. The number of aliphatic hydroxyl groups is 2. The molecule has 4 aliphatic carbocycles. The predicted octanol–water partition coefficient (Wildman–Crippen LogP) is 4.45. The van der Waals surface area contributed by atoms with Gasteiger partial charge in [0.05, 0.1) is 11.7 Å². The van der Waals surface area contributed by atoms with Crippen molar-refractivity contribution in [2.75, 3.05) is 0 Å². The summed E-state index contributed by atoms with van der Waals surface area (Å²) in [7, 11) is 0. The van der Waals surface area contributed by atoms with Crippen LogP contribution in [0.1, 0.15) is 78.6 Å². The zero-order valence-corrected chi connectivity index (χ0v) is 15.1. The third-order valence-corrected chi connectivity index (χ3v) is 8.98. The molecule has 2 nitrogen and oxygen atoms in total. The van der Waals surface area contributed by atoms with Gasteiger partial charge in [-0.15, -0.1) is 0 Å². The van der Waals surface area contributed by atoms with Crippen LogP contribution in [0.5, 0.6) is 0 Å². The predicted molar refractivity (Wildman–Crippen MR) is 93.0 cm³/mol. The lowest BCUT2D eigenvalue weighted by Gasteiger charge is -2.59. The molecule has 2 heteroatoms. The van der Waals surface area contributed by atoms with E-state index in [0.717, 1.165) is 43.9 Å². The lowest BCUT2D eigenvalue weighted by atomic mass is 9.47. The van der Waals surface area contributed by atoms with Gasteiger partial charge in [0.1, 0.15) is 0 Å². The van der Waals surface area contributed by atoms with E-state index in [0.29, 0.717) is 11.3 Å². The van der Waals surface area contributed by atoms with Gasteiger partial charge in [-0.3, -0.25) is 0 Å². The average Bonchev–Trinajstić information content (AvgIpc) is 2.80. The normalized spacial score (nSPS) is 55.6. The van der Waals surface area contributed by atoms with Gasteiger partial charge < -0.3 is 10.2 Å². The van der Waals surface area contributed by atoms with Crippen molar-refractivity contribution in [2.24, 2.45) is 28.6 Å². The summed E-state index contributed by atoms with van der Waals surface area (Å²) in [5.74, 6) is 2.21. The molecule has 0 bridgehead atoms. The van der Waals surface area contributed by atoms with Gasteiger partial charge in [0, 0.05) is 0 Å². The Bertz CT molecular complexity index is 526. The molecule has 3 fully saturated rings. The van der Waals surface area contributed by atoms with E-state index in [2.05, 4.69) is 26.8 Å². The van der Waals surface area contributed by atoms with E-state index in [9.17, 15) is 10.2 Å². The van der Waals surface area contributed by atoms with E-state index >= 15 is 0 Å². The molecule has 0 aromatic carbocycles. The van der Waals surface area contributed by atoms with Crippen molar-refractivity contribution in [1.82, 2.24) is 0 Å². The minimum atomic E-state index is -0.434. The van der Waals surface area contributed by atoms with E-state index in [1.165, 1.54) is 25.7 Å². The van der Waals surface area contributed by atoms with Crippen LogP contribution < -0.4 is 0 Å². The highest BCUT2D eigenvalue weighted by Crippen LogP contribution is 2.67. The minimum Gasteiger partial charge on any atom is -0.393 e. The van der Waals surface area contributed by atoms with Crippen molar-refractivity contribution in [3.8, 4) is 0 Å². The van der Waals surface area contributed by atoms with Crippen LogP contribution in [0.4, 0.5) is 0 Å². The Kier molecular flexibility index (Phi) is 3.57. The molecule has 0 heterocycles. The topological polar surface area (TPSA) is 40.5 Å². The molecule has 7 atom stereocenters. The Labute approximate surface area is 141 Å². The fraction of sp³-hybridized carbons (Fsp3) is 0.905. The molecule has 0 aromatic heterocycles. The first kappa shape index (κ1) is 16.1. The maximum Gasteiger partial charge on any atom is 0.0701 e. The van der Waals surface area contributed by atoms with Gasteiger partial charge in [-0.1, -0.05) is 32.4 Å². The van der Waals surface area contributed by atoms with Crippen LogP contribution in [0, 0.1) is 28.6 Å². The Balaban J connectivity index is 1.68. The molecule has 0 saturated heterocycles. The fourth-order valence-corrected chi connectivity index (χ4v) is 7.33. The van der Waals surface area contributed by atoms with Gasteiger partial charge in [0.15, 0.2) is 0 Å². The van der Waals surface area contributed by atoms with Gasteiger partial charge in [0.25, 0.3) is 0 Å². The zero-order chi connectivity index (χ0) is 16.5. The van der Waals surface area contributed by atoms with Crippen LogP contribution in [-0.2, 0) is 0 Å². The number of aliphatic hydroxyl groups excluding tert-OH is 1. The Morgan fingerprint density at radius 3 is 2.57 bits per heavy atom. The van der Waals surface area contributed by atoms with Crippen molar-refractivity contribution in [1.29, 1.82) is 0 Å². The minimum absolute atomic E-state index is 0.114. The van der Waals surface area contributed by atoms with Crippen LogP contribution in [0.2, 0.25) is 0 Å². The molecule has 4 aliphatic rings. The lowest BCUT2D eigenvalue weighted by molar-refractivity contribution is -0.125. The van der Waals surface area contributed by atoms with E-state index in [1.54, 1.807) is 5.57 Å². The van der Waals surface area contributed by atoms with Gasteiger partial charge >= 0.3 is 0 Å². The van der Waals surface area contributed by atoms with Gasteiger partial charge in [-0.25, -0.2) is 0 Å². The summed E-state index contributed by atoms with van der Waals surface area (Å²) in [6, 6.07) is 0. The molecule has 0 radical (unpaired) electrons. The van der Waals surface area contributed by atoms with Gasteiger partial charge in [-0.05, 0) is 86.4 Å². The van der Waals surface area contributed by atoms with Crippen molar-refractivity contribution in [3.05, 3.63) is 11.6 Å². The first-order valence-electron chi connectivity index (χ1n) is 9.94. The summed E-state index contributed by atoms with van der Waals surface area (Å²) in [6.45, 7) is 7.03. The molecule has 4 rings (SSSR count). The molecule has 130 valence electrons. The Hall–Kier alpha value is -0.340. The Morgan fingerprint density at radius 2 is 1.83 bits per heavy atom. The molecule has 0 aromatic rings. The first-order chi connectivity index (χ1) is 10.8. The van der Waals surface area contributed by atoms with Crippen LogP contribution in [-0.4, -0.2) is 21.9 Å². The van der Waals surface area contributed by atoms with E-state index in [1.807, 2.05) is 0 Å². The monoisotopic (exact) mass is 318 g/mol. The molecule has 23 heavy (non-hydrogen) atoms. The maximum absolute atomic E-state index is 11.2. The third-order valence-electron chi connectivity index (χ3n) is 8.98. The molecular formula is C21H34O2. The zero-order valence-electron chi connectivity index (χ0n) is 15.1. The molecule has 0 amide bonds. The fourth-order valence-electron chi connectivity index (χ4n) is 7.33. The summed E-state index contributed by atoms with van der Waals surface area (Å²) in [6.07, 6.45) is 12.2. The molecule has 0 aliphatic heterocycles. The summed E-state index contributed by atoms with van der Waals surface area (Å²) >= 11 is 0. The average molecular weight is 319 g/mol. The van der Waals surface area contributed by atoms with Gasteiger partial charge in [-0.2, -0.15) is 0 Å². The first-order valence-corrected chi connectivity index (χ1v) is 9.94. The summed E-state index contributed by atoms with van der Waals surface area (Å²) in [5.41, 5.74) is 1.55. The Morgan fingerprint density at radius 1 is 1.09 bits per heavy atom.